The predicted octanol–water partition coefficient (Wildman–Crippen LogP) is 6.94. The lowest BCUT2D eigenvalue weighted by Crippen LogP contribution is -2.44. The van der Waals surface area contributed by atoms with Crippen LogP contribution < -0.4 is 15.6 Å². The number of nitrogens with zero attached hydrogens (tertiary/aromatic N) is 2. The number of urea groups is 1. The molecule has 0 radical (unpaired) electrons. The van der Waals surface area contributed by atoms with Crippen LogP contribution in [0.2, 0.25) is 15.1 Å². The number of rotatable bonds is 6. The zero-order valence-electron chi connectivity index (χ0n) is 18.3. The molecule has 1 saturated heterocycles. The minimum absolute atomic E-state index is 0.0237. The van der Waals surface area contributed by atoms with Crippen LogP contribution in [-0.4, -0.2) is 44.2 Å². The topological polar surface area (TPSA) is 56.7 Å². The van der Waals surface area contributed by atoms with Crippen molar-refractivity contribution in [3.05, 3.63) is 62.6 Å². The molecular formula is C22H19Cl3F6N4O. The summed E-state index contributed by atoms with van der Waals surface area (Å²) in [6.45, 7) is -0.902. The molecule has 196 valence electrons. The van der Waals surface area contributed by atoms with E-state index in [0.29, 0.717) is 11.3 Å². The summed E-state index contributed by atoms with van der Waals surface area (Å²) in [5, 5.41) is 5.97. The Hall–Kier alpha value is -2.37. The van der Waals surface area contributed by atoms with Gasteiger partial charge in [-0.2, -0.15) is 31.4 Å². The van der Waals surface area contributed by atoms with Crippen molar-refractivity contribution in [2.24, 2.45) is 5.10 Å². The number of alkyl halides is 6. The molecule has 2 N–H and O–H groups in total. The molecule has 36 heavy (non-hydrogen) atoms. The van der Waals surface area contributed by atoms with E-state index in [-0.39, 0.29) is 40.1 Å². The van der Waals surface area contributed by atoms with Crippen molar-refractivity contribution in [2.45, 2.75) is 30.6 Å². The smallest absolute Gasteiger partial charge is 0.370 e. The summed E-state index contributed by atoms with van der Waals surface area (Å²) < 4.78 is 79.2. The van der Waals surface area contributed by atoms with E-state index in [1.807, 2.05) is 10.7 Å². The van der Waals surface area contributed by atoms with Crippen LogP contribution in [-0.2, 0) is 5.41 Å². The number of nitrogens with one attached hydrogen (secondary N) is 2. The van der Waals surface area contributed by atoms with E-state index < -0.39 is 36.8 Å². The van der Waals surface area contributed by atoms with E-state index >= 15 is 0 Å². The first-order chi connectivity index (χ1) is 16.7. The van der Waals surface area contributed by atoms with E-state index in [9.17, 15) is 31.1 Å². The largest absolute Gasteiger partial charge is 0.400 e. The second kappa shape index (κ2) is 10.9. The zero-order chi connectivity index (χ0) is 26.7. The number of hydrogen-bond donors (Lipinski definition) is 2. The lowest BCUT2D eigenvalue weighted by atomic mass is 9.79. The maximum absolute atomic E-state index is 14.3. The number of halogens is 9. The fraction of sp³-hybridized carbons (Fsp3) is 0.364. The summed E-state index contributed by atoms with van der Waals surface area (Å²) in [4.78, 5) is 13.0. The minimum atomic E-state index is -4.57. The second-order valence-electron chi connectivity index (χ2n) is 8.11. The lowest BCUT2D eigenvalue weighted by Gasteiger charge is -2.33. The Labute approximate surface area is 217 Å². The SMILES string of the molecule is O=C(NCCC(F)(F)F)N/N=C/c1ccc(N2CCC(c3cc(Cl)cc(Cl)c3)(C(F)(F)F)C2)cc1Cl. The van der Waals surface area contributed by atoms with Gasteiger partial charge in [-0.3, -0.25) is 0 Å². The highest BCUT2D eigenvalue weighted by atomic mass is 35.5. The molecule has 1 aliphatic rings. The average Bonchev–Trinajstić information content (AvgIpc) is 3.20. The number of hydrazone groups is 1. The summed E-state index contributed by atoms with van der Waals surface area (Å²) in [5.74, 6) is 0. The van der Waals surface area contributed by atoms with Gasteiger partial charge in [-0.15, -0.1) is 0 Å². The van der Waals surface area contributed by atoms with Crippen LogP contribution in [0.5, 0.6) is 0 Å². The fourth-order valence-corrected chi connectivity index (χ4v) is 4.58. The molecular weight excluding hydrogens is 557 g/mol. The molecule has 0 aliphatic carbocycles. The Morgan fingerprint density at radius 2 is 1.72 bits per heavy atom. The highest BCUT2D eigenvalue weighted by molar-refractivity contribution is 6.34. The summed E-state index contributed by atoms with van der Waals surface area (Å²) in [5.41, 5.74) is 0.570. The van der Waals surface area contributed by atoms with Gasteiger partial charge in [0, 0.05) is 40.9 Å². The third-order valence-corrected chi connectivity index (χ3v) is 6.40. The highest BCUT2D eigenvalue weighted by Gasteiger charge is 2.59. The Balaban J connectivity index is 1.70. The van der Waals surface area contributed by atoms with Crippen LogP contribution in [0.15, 0.2) is 41.5 Å². The van der Waals surface area contributed by atoms with Crippen molar-refractivity contribution in [1.82, 2.24) is 10.7 Å². The number of carbonyl (C=O) groups is 1. The number of hydrogen-bond acceptors (Lipinski definition) is 3. The molecule has 1 fully saturated rings. The molecule has 0 aromatic heterocycles. The van der Waals surface area contributed by atoms with Crippen LogP contribution in [0.25, 0.3) is 0 Å². The van der Waals surface area contributed by atoms with Crippen molar-refractivity contribution in [1.29, 1.82) is 0 Å². The van der Waals surface area contributed by atoms with Gasteiger partial charge in [-0.25, -0.2) is 10.2 Å². The van der Waals surface area contributed by atoms with Crippen LogP contribution in [0.3, 0.4) is 0 Å². The molecule has 0 bridgehead atoms. The quantitative estimate of drug-likeness (QED) is 0.223. The first-order valence-electron chi connectivity index (χ1n) is 10.4. The Morgan fingerprint density at radius 3 is 2.31 bits per heavy atom. The minimum Gasteiger partial charge on any atom is -0.370 e. The molecule has 2 aromatic carbocycles. The number of anilines is 1. The number of amides is 2. The molecule has 14 heteroatoms. The van der Waals surface area contributed by atoms with Crippen LogP contribution in [0, 0.1) is 0 Å². The maximum atomic E-state index is 14.3. The van der Waals surface area contributed by atoms with Gasteiger partial charge >= 0.3 is 18.4 Å². The van der Waals surface area contributed by atoms with Gasteiger partial charge in [0.15, 0.2) is 0 Å². The van der Waals surface area contributed by atoms with Crippen molar-refractivity contribution < 1.29 is 31.1 Å². The van der Waals surface area contributed by atoms with Gasteiger partial charge in [0.1, 0.15) is 5.41 Å². The highest BCUT2D eigenvalue weighted by Crippen LogP contribution is 2.49. The van der Waals surface area contributed by atoms with Gasteiger partial charge in [0.05, 0.1) is 17.7 Å². The molecule has 5 nitrogen and oxygen atoms in total. The van der Waals surface area contributed by atoms with Gasteiger partial charge in [0.2, 0.25) is 0 Å². The standard InChI is InChI=1S/C22H19Cl3F6N4O/c23-15-7-14(8-16(24)9-15)20(22(29,30)31)4-6-35(12-20)17-2-1-13(18(25)10-17)11-33-34-19(36)32-5-3-21(26,27)28/h1-2,7-11H,3-6,12H2,(H2,32,34,36)/b33-11+. The molecule has 3 rings (SSSR count). The van der Waals surface area contributed by atoms with Crippen molar-refractivity contribution in [3.63, 3.8) is 0 Å². The Kier molecular flexibility index (Phi) is 8.57. The van der Waals surface area contributed by atoms with Gasteiger partial charge in [0.25, 0.3) is 0 Å². The average molecular weight is 576 g/mol. The maximum Gasteiger partial charge on any atom is 0.400 e. The van der Waals surface area contributed by atoms with E-state index in [1.165, 1.54) is 30.3 Å². The van der Waals surface area contributed by atoms with Crippen molar-refractivity contribution in [2.75, 3.05) is 24.5 Å². The monoisotopic (exact) mass is 574 g/mol. The third kappa shape index (κ3) is 6.89. The summed E-state index contributed by atoms with van der Waals surface area (Å²) in [7, 11) is 0. The fourth-order valence-electron chi connectivity index (χ4n) is 3.83. The molecule has 0 spiro atoms. The van der Waals surface area contributed by atoms with Crippen molar-refractivity contribution in [3.8, 4) is 0 Å². The summed E-state index contributed by atoms with van der Waals surface area (Å²) in [6.07, 6.45) is -9.22. The van der Waals surface area contributed by atoms with Crippen molar-refractivity contribution >= 4 is 52.7 Å². The van der Waals surface area contributed by atoms with E-state index in [1.54, 1.807) is 11.0 Å². The molecule has 2 aromatic rings. The normalized spacial score (nSPS) is 18.6. The Morgan fingerprint density at radius 1 is 1.06 bits per heavy atom. The van der Waals surface area contributed by atoms with Gasteiger partial charge in [-0.05, 0) is 48.4 Å². The zero-order valence-corrected chi connectivity index (χ0v) is 20.5. The van der Waals surface area contributed by atoms with Gasteiger partial charge in [-0.1, -0.05) is 34.8 Å². The summed E-state index contributed by atoms with van der Waals surface area (Å²) in [6, 6.07) is 7.47. The van der Waals surface area contributed by atoms with E-state index in [4.69, 9.17) is 34.8 Å². The first kappa shape index (κ1) is 28.2. The molecule has 1 heterocycles. The van der Waals surface area contributed by atoms with E-state index in [2.05, 4.69) is 5.10 Å². The summed E-state index contributed by atoms with van der Waals surface area (Å²) >= 11 is 18.2. The van der Waals surface area contributed by atoms with Gasteiger partial charge < -0.3 is 10.2 Å². The molecule has 1 aliphatic heterocycles. The molecule has 1 atom stereocenters. The van der Waals surface area contributed by atoms with E-state index in [0.717, 1.165) is 6.21 Å². The first-order valence-corrected chi connectivity index (χ1v) is 11.5. The molecule has 2 amide bonds. The van der Waals surface area contributed by atoms with Crippen LogP contribution in [0.4, 0.5) is 36.8 Å². The van der Waals surface area contributed by atoms with Crippen LogP contribution >= 0.6 is 34.8 Å². The molecule has 1 unspecified atom stereocenters. The Bertz CT molecular complexity index is 1120. The van der Waals surface area contributed by atoms with Crippen LogP contribution in [0.1, 0.15) is 24.0 Å². The number of benzene rings is 2. The number of carbonyl (C=O) groups excluding carboxylic acids is 1. The second-order valence-corrected chi connectivity index (χ2v) is 9.39. The molecule has 0 saturated carbocycles. The predicted molar refractivity (Wildman–Crippen MR) is 127 cm³/mol. The third-order valence-electron chi connectivity index (χ3n) is 5.64. The lowest BCUT2D eigenvalue weighted by molar-refractivity contribution is -0.184.